The molecule has 1 aliphatic carbocycles. The van der Waals surface area contributed by atoms with Gasteiger partial charge in [0, 0.05) is 32.1 Å². The van der Waals surface area contributed by atoms with E-state index >= 15 is 0 Å². The molecule has 2 heterocycles. The molecule has 4 heteroatoms. The Hall–Kier alpha value is -1.84. The van der Waals surface area contributed by atoms with Crippen LogP contribution in [0, 0.1) is 18.3 Å². The number of aryl methyl sites for hydroxylation is 1. The molecule has 1 aromatic carbocycles. The van der Waals surface area contributed by atoms with E-state index in [9.17, 15) is 9.59 Å². The van der Waals surface area contributed by atoms with Crippen molar-refractivity contribution in [2.45, 2.75) is 64.8 Å². The Morgan fingerprint density at radius 2 is 1.93 bits per heavy atom. The van der Waals surface area contributed by atoms with Crippen LogP contribution in [0.3, 0.4) is 0 Å². The van der Waals surface area contributed by atoms with E-state index < -0.39 is 0 Å². The summed E-state index contributed by atoms with van der Waals surface area (Å²) < 4.78 is 0. The molecular weight excluding hydrogens is 336 g/mol. The summed E-state index contributed by atoms with van der Waals surface area (Å²) in [5.41, 5.74) is 2.11. The van der Waals surface area contributed by atoms with Crippen molar-refractivity contribution in [1.82, 2.24) is 9.80 Å². The molecule has 0 N–H and O–H groups in total. The zero-order chi connectivity index (χ0) is 18.9. The van der Waals surface area contributed by atoms with Crippen LogP contribution >= 0.6 is 0 Å². The number of amides is 2. The second-order valence-corrected chi connectivity index (χ2v) is 8.94. The van der Waals surface area contributed by atoms with Gasteiger partial charge in [-0.15, -0.1) is 0 Å². The Kier molecular flexibility index (Phi) is 5.25. The quantitative estimate of drug-likeness (QED) is 0.811. The van der Waals surface area contributed by atoms with Crippen LogP contribution < -0.4 is 0 Å². The average Bonchev–Trinajstić information content (AvgIpc) is 3.11. The molecule has 2 aliphatic heterocycles. The van der Waals surface area contributed by atoms with E-state index in [2.05, 4.69) is 31.2 Å². The summed E-state index contributed by atoms with van der Waals surface area (Å²) in [6.07, 6.45) is 8.52. The Morgan fingerprint density at radius 1 is 1.11 bits per heavy atom. The minimum atomic E-state index is -0.327. The van der Waals surface area contributed by atoms with Gasteiger partial charge in [-0.25, -0.2) is 0 Å². The van der Waals surface area contributed by atoms with Gasteiger partial charge in [0.05, 0.1) is 5.41 Å². The highest BCUT2D eigenvalue weighted by molar-refractivity contribution is 5.86. The molecule has 3 fully saturated rings. The van der Waals surface area contributed by atoms with Crippen molar-refractivity contribution < 1.29 is 9.59 Å². The Labute approximate surface area is 162 Å². The molecule has 3 aliphatic rings. The minimum absolute atomic E-state index is 0.205. The van der Waals surface area contributed by atoms with E-state index in [-0.39, 0.29) is 17.2 Å². The van der Waals surface area contributed by atoms with Gasteiger partial charge in [-0.05, 0) is 44.6 Å². The standard InChI is InChI=1S/C23H32N2O2/c1-18-7-5-8-19(15-18)16-24-13-6-11-23(22(24)27)12-14-25(17-23)21(26)20-9-3-2-4-10-20/h5,7-8,15,20H,2-4,6,9-14,16-17H2,1H3. The van der Waals surface area contributed by atoms with E-state index in [1.807, 2.05) is 9.80 Å². The molecule has 0 radical (unpaired) electrons. The molecule has 146 valence electrons. The monoisotopic (exact) mass is 368 g/mol. The first kappa shape index (κ1) is 18.5. The van der Waals surface area contributed by atoms with Crippen LogP contribution in [0.25, 0.3) is 0 Å². The maximum Gasteiger partial charge on any atom is 0.230 e. The molecule has 1 spiro atoms. The van der Waals surface area contributed by atoms with Crippen molar-refractivity contribution in [2.75, 3.05) is 19.6 Å². The van der Waals surface area contributed by atoms with Gasteiger partial charge >= 0.3 is 0 Å². The van der Waals surface area contributed by atoms with Gasteiger partial charge in [0.2, 0.25) is 11.8 Å². The highest BCUT2D eigenvalue weighted by Gasteiger charge is 2.49. The summed E-state index contributed by atoms with van der Waals surface area (Å²) in [7, 11) is 0. The maximum absolute atomic E-state index is 13.4. The normalized spacial score (nSPS) is 26.8. The highest BCUT2D eigenvalue weighted by atomic mass is 16.2. The van der Waals surface area contributed by atoms with Crippen LogP contribution in [0.1, 0.15) is 62.5 Å². The lowest BCUT2D eigenvalue weighted by Crippen LogP contribution is -2.50. The van der Waals surface area contributed by atoms with Crippen LogP contribution in [0.5, 0.6) is 0 Å². The number of rotatable bonds is 3. The summed E-state index contributed by atoms with van der Waals surface area (Å²) in [6.45, 7) is 5.03. The van der Waals surface area contributed by atoms with Crippen molar-refractivity contribution in [3.05, 3.63) is 35.4 Å². The van der Waals surface area contributed by atoms with Crippen molar-refractivity contribution >= 4 is 11.8 Å². The largest absolute Gasteiger partial charge is 0.341 e. The molecule has 0 aromatic heterocycles. The van der Waals surface area contributed by atoms with Gasteiger partial charge in [0.1, 0.15) is 0 Å². The maximum atomic E-state index is 13.4. The van der Waals surface area contributed by atoms with E-state index in [1.165, 1.54) is 30.4 Å². The fraction of sp³-hybridized carbons (Fsp3) is 0.652. The van der Waals surface area contributed by atoms with E-state index in [0.717, 1.165) is 45.2 Å². The van der Waals surface area contributed by atoms with Crippen molar-refractivity contribution in [3.63, 3.8) is 0 Å². The highest BCUT2D eigenvalue weighted by Crippen LogP contribution is 2.41. The van der Waals surface area contributed by atoms with Crippen LogP contribution in [0.4, 0.5) is 0 Å². The SMILES string of the molecule is Cc1cccc(CN2CCCC3(CCN(C(=O)C4CCCCC4)C3)C2=O)c1. The van der Waals surface area contributed by atoms with Crippen LogP contribution in [-0.2, 0) is 16.1 Å². The van der Waals surface area contributed by atoms with Crippen LogP contribution in [-0.4, -0.2) is 41.2 Å². The molecule has 4 nitrogen and oxygen atoms in total. The van der Waals surface area contributed by atoms with Crippen molar-refractivity contribution in [2.24, 2.45) is 11.3 Å². The predicted octanol–water partition coefficient (Wildman–Crippen LogP) is 3.92. The molecule has 1 aromatic rings. The number of nitrogens with zero attached hydrogens (tertiary/aromatic N) is 2. The van der Waals surface area contributed by atoms with Crippen molar-refractivity contribution in [1.29, 1.82) is 0 Å². The van der Waals surface area contributed by atoms with Gasteiger partial charge in [-0.1, -0.05) is 49.1 Å². The number of hydrogen-bond acceptors (Lipinski definition) is 2. The second-order valence-electron chi connectivity index (χ2n) is 8.94. The van der Waals surface area contributed by atoms with E-state index in [1.54, 1.807) is 0 Å². The summed E-state index contributed by atoms with van der Waals surface area (Å²) in [4.78, 5) is 30.4. The third kappa shape index (κ3) is 3.76. The van der Waals surface area contributed by atoms with Gasteiger partial charge in [-0.2, -0.15) is 0 Å². The fourth-order valence-electron chi connectivity index (χ4n) is 5.38. The number of likely N-dealkylation sites (tertiary alicyclic amines) is 2. The molecule has 2 saturated heterocycles. The summed E-state index contributed by atoms with van der Waals surface area (Å²) >= 11 is 0. The number of carbonyl (C=O) groups excluding carboxylic acids is 2. The first-order valence-electron chi connectivity index (χ1n) is 10.7. The molecular formula is C23H32N2O2. The van der Waals surface area contributed by atoms with Crippen LogP contribution in [0.15, 0.2) is 24.3 Å². The molecule has 1 atom stereocenters. The minimum Gasteiger partial charge on any atom is -0.341 e. The molecule has 4 rings (SSSR count). The number of benzene rings is 1. The smallest absolute Gasteiger partial charge is 0.230 e. The lowest BCUT2D eigenvalue weighted by atomic mass is 9.78. The van der Waals surface area contributed by atoms with E-state index in [0.29, 0.717) is 19.0 Å². The predicted molar refractivity (Wildman–Crippen MR) is 106 cm³/mol. The Balaban J connectivity index is 1.43. The summed E-state index contributed by atoms with van der Waals surface area (Å²) in [5.74, 6) is 0.792. The lowest BCUT2D eigenvalue weighted by Gasteiger charge is -2.39. The van der Waals surface area contributed by atoms with E-state index in [4.69, 9.17) is 0 Å². The third-order valence-corrected chi connectivity index (χ3v) is 6.90. The molecule has 1 unspecified atom stereocenters. The Morgan fingerprint density at radius 3 is 2.70 bits per heavy atom. The number of carbonyl (C=O) groups is 2. The molecule has 1 saturated carbocycles. The van der Waals surface area contributed by atoms with Gasteiger partial charge in [0.15, 0.2) is 0 Å². The first-order valence-corrected chi connectivity index (χ1v) is 10.7. The topological polar surface area (TPSA) is 40.6 Å². The fourth-order valence-corrected chi connectivity index (χ4v) is 5.38. The number of piperidine rings is 1. The van der Waals surface area contributed by atoms with Crippen LogP contribution in [0.2, 0.25) is 0 Å². The van der Waals surface area contributed by atoms with Gasteiger partial charge in [0.25, 0.3) is 0 Å². The first-order chi connectivity index (χ1) is 13.1. The Bertz CT molecular complexity index is 710. The molecule has 0 bridgehead atoms. The lowest BCUT2D eigenvalue weighted by molar-refractivity contribution is -0.147. The summed E-state index contributed by atoms with van der Waals surface area (Å²) in [5, 5.41) is 0. The van der Waals surface area contributed by atoms with Gasteiger partial charge < -0.3 is 9.80 Å². The molecule has 27 heavy (non-hydrogen) atoms. The third-order valence-electron chi connectivity index (χ3n) is 6.90. The van der Waals surface area contributed by atoms with Gasteiger partial charge in [-0.3, -0.25) is 9.59 Å². The molecule has 2 amide bonds. The van der Waals surface area contributed by atoms with Crippen molar-refractivity contribution in [3.8, 4) is 0 Å². The second kappa shape index (κ2) is 7.65. The number of hydrogen-bond donors (Lipinski definition) is 0. The summed E-state index contributed by atoms with van der Waals surface area (Å²) in [6, 6.07) is 8.43. The average molecular weight is 369 g/mol. The zero-order valence-electron chi connectivity index (χ0n) is 16.6. The zero-order valence-corrected chi connectivity index (χ0v) is 16.6.